The van der Waals surface area contributed by atoms with Crippen molar-refractivity contribution in [1.82, 2.24) is 0 Å². The van der Waals surface area contributed by atoms with Crippen LogP contribution in [0, 0.1) is 5.92 Å². The maximum Gasteiger partial charge on any atom is 0.115 e. The Balaban J connectivity index is 0.000000816. The van der Waals surface area contributed by atoms with Gasteiger partial charge >= 0.3 is 0 Å². The summed E-state index contributed by atoms with van der Waals surface area (Å²) in [5.74, 6) is 1.70. The van der Waals surface area contributed by atoms with Crippen LogP contribution in [0.5, 0.6) is 5.75 Å². The zero-order valence-corrected chi connectivity index (χ0v) is 15.3. The van der Waals surface area contributed by atoms with Crippen molar-refractivity contribution in [2.24, 2.45) is 5.92 Å². The lowest BCUT2D eigenvalue weighted by atomic mass is 9.92. The van der Waals surface area contributed by atoms with Gasteiger partial charge in [0.05, 0.1) is 0 Å². The van der Waals surface area contributed by atoms with Gasteiger partial charge in [-0.3, -0.25) is 0 Å². The van der Waals surface area contributed by atoms with Gasteiger partial charge in [-0.1, -0.05) is 83.9 Å². The van der Waals surface area contributed by atoms with Crippen molar-refractivity contribution in [3.8, 4) is 16.9 Å². The molecule has 1 unspecified atom stereocenters. The highest BCUT2D eigenvalue weighted by molar-refractivity contribution is 5.64. The number of aromatic hydroxyl groups is 1. The molecular formula is C22H32O. The molecular weight excluding hydrogens is 280 g/mol. The van der Waals surface area contributed by atoms with Gasteiger partial charge in [0.15, 0.2) is 0 Å². The molecule has 0 aromatic heterocycles. The van der Waals surface area contributed by atoms with Crippen molar-refractivity contribution in [3.63, 3.8) is 0 Å². The largest absolute Gasteiger partial charge is 0.508 e. The Morgan fingerprint density at radius 2 is 1.17 bits per heavy atom. The van der Waals surface area contributed by atoms with Crippen LogP contribution in [0.4, 0.5) is 0 Å². The standard InChI is InChI=1S/C19H24O.C3H8/c1-14(2)4-5-15(3)16-6-8-17(9-7-16)18-10-12-19(20)13-11-18;1-3-2/h6-15,20H,4-5H2,1-3H3;3H2,1-2H3. The molecule has 0 aliphatic carbocycles. The van der Waals surface area contributed by atoms with Crippen LogP contribution in [-0.4, -0.2) is 5.11 Å². The SMILES string of the molecule is CC(C)CCC(C)c1ccc(-c2ccc(O)cc2)cc1.CCC. The molecule has 1 heteroatoms. The van der Waals surface area contributed by atoms with E-state index in [4.69, 9.17) is 0 Å². The van der Waals surface area contributed by atoms with E-state index in [1.54, 1.807) is 12.1 Å². The molecule has 0 aliphatic heterocycles. The van der Waals surface area contributed by atoms with E-state index in [9.17, 15) is 5.11 Å². The summed E-state index contributed by atoms with van der Waals surface area (Å²) in [7, 11) is 0. The monoisotopic (exact) mass is 312 g/mol. The Labute approximate surface area is 142 Å². The predicted octanol–water partition coefficient (Wildman–Crippen LogP) is 7.02. The molecule has 126 valence electrons. The molecule has 2 rings (SSSR count). The van der Waals surface area contributed by atoms with Crippen LogP contribution in [-0.2, 0) is 0 Å². The van der Waals surface area contributed by atoms with Crippen LogP contribution < -0.4 is 0 Å². The number of benzene rings is 2. The van der Waals surface area contributed by atoms with E-state index < -0.39 is 0 Å². The van der Waals surface area contributed by atoms with Crippen LogP contribution in [0.15, 0.2) is 48.5 Å². The van der Waals surface area contributed by atoms with Crippen molar-refractivity contribution in [2.75, 3.05) is 0 Å². The molecule has 0 amide bonds. The Morgan fingerprint density at radius 1 is 0.739 bits per heavy atom. The molecule has 2 aromatic carbocycles. The zero-order chi connectivity index (χ0) is 17.2. The van der Waals surface area contributed by atoms with Gasteiger partial charge in [0.25, 0.3) is 0 Å². The number of phenolic OH excluding ortho intramolecular Hbond substituents is 1. The summed E-state index contributed by atoms with van der Waals surface area (Å²) in [5.41, 5.74) is 3.75. The number of hydrogen-bond donors (Lipinski definition) is 1. The predicted molar refractivity (Wildman–Crippen MR) is 102 cm³/mol. The summed E-state index contributed by atoms with van der Waals surface area (Å²) in [6.45, 7) is 11.1. The van der Waals surface area contributed by atoms with Gasteiger partial charge < -0.3 is 5.11 Å². The second kappa shape index (κ2) is 10.1. The van der Waals surface area contributed by atoms with E-state index in [1.807, 2.05) is 12.1 Å². The van der Waals surface area contributed by atoms with Gasteiger partial charge in [0.1, 0.15) is 5.75 Å². The first kappa shape index (κ1) is 19.3. The molecule has 0 aliphatic rings. The molecule has 0 radical (unpaired) electrons. The third-order valence-electron chi connectivity index (χ3n) is 3.86. The van der Waals surface area contributed by atoms with Crippen LogP contribution in [0.1, 0.15) is 65.4 Å². The van der Waals surface area contributed by atoms with E-state index in [0.717, 1.165) is 11.5 Å². The first-order valence-corrected chi connectivity index (χ1v) is 8.87. The Morgan fingerprint density at radius 3 is 1.61 bits per heavy atom. The topological polar surface area (TPSA) is 20.2 Å². The normalized spacial score (nSPS) is 11.7. The maximum atomic E-state index is 9.32. The fraction of sp³-hybridized carbons (Fsp3) is 0.455. The fourth-order valence-electron chi connectivity index (χ4n) is 2.41. The van der Waals surface area contributed by atoms with Crippen LogP contribution in [0.25, 0.3) is 11.1 Å². The first-order valence-electron chi connectivity index (χ1n) is 8.87. The highest BCUT2D eigenvalue weighted by Crippen LogP contribution is 2.27. The summed E-state index contributed by atoms with van der Waals surface area (Å²) in [6, 6.07) is 16.2. The van der Waals surface area contributed by atoms with Crippen molar-refractivity contribution in [2.45, 2.75) is 59.8 Å². The molecule has 23 heavy (non-hydrogen) atoms. The molecule has 1 nitrogen and oxygen atoms in total. The summed E-state index contributed by atoms with van der Waals surface area (Å²) in [4.78, 5) is 0. The van der Waals surface area contributed by atoms with E-state index in [0.29, 0.717) is 11.7 Å². The molecule has 0 fully saturated rings. The third-order valence-corrected chi connectivity index (χ3v) is 3.86. The van der Waals surface area contributed by atoms with Gasteiger partial charge in [-0.05, 0) is 47.1 Å². The van der Waals surface area contributed by atoms with Crippen LogP contribution >= 0.6 is 0 Å². The lowest BCUT2D eigenvalue weighted by Gasteiger charge is -2.14. The molecule has 0 heterocycles. The molecule has 1 atom stereocenters. The molecule has 0 bridgehead atoms. The summed E-state index contributed by atoms with van der Waals surface area (Å²) in [6.07, 6.45) is 3.77. The zero-order valence-electron chi connectivity index (χ0n) is 15.3. The van der Waals surface area contributed by atoms with E-state index in [1.165, 1.54) is 30.4 Å². The van der Waals surface area contributed by atoms with Crippen LogP contribution in [0.3, 0.4) is 0 Å². The average Bonchev–Trinajstić information content (AvgIpc) is 2.54. The maximum absolute atomic E-state index is 9.32. The second-order valence-electron chi connectivity index (χ2n) is 6.75. The third kappa shape index (κ3) is 6.90. The van der Waals surface area contributed by atoms with Crippen molar-refractivity contribution in [1.29, 1.82) is 0 Å². The minimum absolute atomic E-state index is 0.313. The van der Waals surface area contributed by atoms with Crippen molar-refractivity contribution >= 4 is 0 Å². The lowest BCUT2D eigenvalue weighted by molar-refractivity contribution is 0.475. The number of rotatable bonds is 5. The fourth-order valence-corrected chi connectivity index (χ4v) is 2.41. The van der Waals surface area contributed by atoms with Crippen molar-refractivity contribution in [3.05, 3.63) is 54.1 Å². The van der Waals surface area contributed by atoms with Crippen molar-refractivity contribution < 1.29 is 5.11 Å². The molecule has 2 aromatic rings. The smallest absolute Gasteiger partial charge is 0.115 e. The quantitative estimate of drug-likeness (QED) is 0.629. The molecule has 0 saturated carbocycles. The van der Waals surface area contributed by atoms with Gasteiger partial charge in [-0.25, -0.2) is 0 Å². The summed E-state index contributed by atoms with van der Waals surface area (Å²) < 4.78 is 0. The van der Waals surface area contributed by atoms with Gasteiger partial charge in [-0.2, -0.15) is 0 Å². The highest BCUT2D eigenvalue weighted by atomic mass is 16.3. The van der Waals surface area contributed by atoms with Crippen LogP contribution in [0.2, 0.25) is 0 Å². The van der Waals surface area contributed by atoms with Gasteiger partial charge in [0, 0.05) is 0 Å². The Bertz CT molecular complexity index is 537. The van der Waals surface area contributed by atoms with Gasteiger partial charge in [0.2, 0.25) is 0 Å². The number of hydrogen-bond acceptors (Lipinski definition) is 1. The summed E-state index contributed by atoms with van der Waals surface area (Å²) >= 11 is 0. The number of phenols is 1. The van der Waals surface area contributed by atoms with E-state index in [-0.39, 0.29) is 0 Å². The van der Waals surface area contributed by atoms with E-state index >= 15 is 0 Å². The minimum atomic E-state index is 0.313. The van der Waals surface area contributed by atoms with Gasteiger partial charge in [-0.15, -0.1) is 0 Å². The Hall–Kier alpha value is -1.76. The first-order chi connectivity index (χ1) is 11.0. The average molecular weight is 312 g/mol. The molecule has 0 saturated heterocycles. The Kier molecular flexibility index (Phi) is 8.47. The molecule has 0 spiro atoms. The summed E-state index contributed by atoms with van der Waals surface area (Å²) in [5, 5.41) is 9.32. The lowest BCUT2D eigenvalue weighted by Crippen LogP contribution is -1.96. The van der Waals surface area contributed by atoms with E-state index in [2.05, 4.69) is 58.9 Å². The second-order valence-corrected chi connectivity index (χ2v) is 6.75. The highest BCUT2D eigenvalue weighted by Gasteiger charge is 2.07. The molecule has 1 N–H and O–H groups in total. The minimum Gasteiger partial charge on any atom is -0.508 e.